The number of para-hydroxylation sites is 1. The Morgan fingerprint density at radius 3 is 2.34 bits per heavy atom. The van der Waals surface area contributed by atoms with E-state index in [0.717, 1.165) is 6.92 Å². The van der Waals surface area contributed by atoms with E-state index < -0.39 is 22.2 Å². The number of hydrazone groups is 1. The molecule has 1 heterocycles. The van der Waals surface area contributed by atoms with Crippen molar-refractivity contribution in [2.45, 2.75) is 25.0 Å². The topological polar surface area (TPSA) is 114 Å². The second kappa shape index (κ2) is 7.92. The van der Waals surface area contributed by atoms with E-state index >= 15 is 0 Å². The Hall–Kier alpha value is -3.40. The van der Waals surface area contributed by atoms with Crippen LogP contribution in [0.3, 0.4) is 0 Å². The van der Waals surface area contributed by atoms with Crippen molar-refractivity contribution in [3.05, 3.63) is 59.7 Å². The van der Waals surface area contributed by atoms with E-state index in [1.165, 1.54) is 43.3 Å². The van der Waals surface area contributed by atoms with Gasteiger partial charge >= 0.3 is 0 Å². The number of benzene rings is 2. The first kappa shape index (κ1) is 20.3. The Balaban J connectivity index is 1.91. The van der Waals surface area contributed by atoms with Gasteiger partial charge in [-0.2, -0.15) is 5.01 Å². The summed E-state index contributed by atoms with van der Waals surface area (Å²) >= 11 is 0. The molecule has 2 aromatic carbocycles. The van der Waals surface area contributed by atoms with Gasteiger partial charge in [0.1, 0.15) is 5.75 Å². The second-order valence-electron chi connectivity index (χ2n) is 6.17. The Morgan fingerprint density at radius 2 is 1.76 bits per heavy atom. The number of ether oxygens (including phenoxy) is 2. The number of nitrogens with zero attached hydrogens (tertiary/aromatic N) is 2. The fourth-order valence-corrected chi connectivity index (χ4v) is 3.77. The molecule has 152 valence electrons. The highest BCUT2D eigenvalue weighted by molar-refractivity contribution is 7.90. The van der Waals surface area contributed by atoms with Crippen molar-refractivity contribution in [1.82, 2.24) is 9.73 Å². The van der Waals surface area contributed by atoms with E-state index in [4.69, 9.17) is 9.47 Å². The molecular weight excluding hydrogens is 398 g/mol. The van der Waals surface area contributed by atoms with E-state index in [0.29, 0.717) is 16.9 Å². The smallest absolute Gasteiger partial charge is 0.264 e. The molecule has 1 unspecified atom stereocenters. The largest absolute Gasteiger partial charge is 0.496 e. The van der Waals surface area contributed by atoms with Crippen LogP contribution in [0.15, 0.2) is 58.5 Å². The van der Waals surface area contributed by atoms with Crippen molar-refractivity contribution in [3.8, 4) is 5.75 Å². The van der Waals surface area contributed by atoms with Gasteiger partial charge in [0.05, 0.1) is 17.6 Å². The van der Waals surface area contributed by atoms with Crippen LogP contribution in [-0.2, 0) is 24.3 Å². The molecule has 1 atom stereocenters. The zero-order valence-electron chi connectivity index (χ0n) is 15.9. The number of sulfonamides is 1. The van der Waals surface area contributed by atoms with E-state index in [2.05, 4.69) is 5.10 Å². The van der Waals surface area contributed by atoms with Crippen molar-refractivity contribution >= 4 is 27.7 Å². The number of methoxy groups -OCH3 is 1. The van der Waals surface area contributed by atoms with Crippen LogP contribution in [0.25, 0.3) is 0 Å². The van der Waals surface area contributed by atoms with Gasteiger partial charge in [-0.3, -0.25) is 9.59 Å². The summed E-state index contributed by atoms with van der Waals surface area (Å²) in [4.78, 5) is 23.0. The monoisotopic (exact) mass is 417 g/mol. The van der Waals surface area contributed by atoms with Gasteiger partial charge in [-0.1, -0.05) is 12.1 Å². The third-order valence-corrected chi connectivity index (χ3v) is 5.51. The predicted molar refractivity (Wildman–Crippen MR) is 103 cm³/mol. The molecule has 10 heteroatoms. The lowest BCUT2D eigenvalue weighted by atomic mass is 10.1. The maximum atomic E-state index is 12.1. The first-order chi connectivity index (χ1) is 13.7. The average Bonchev–Trinajstić information content (AvgIpc) is 3.12. The Labute approximate surface area is 168 Å². The van der Waals surface area contributed by atoms with Crippen LogP contribution in [0.1, 0.15) is 31.2 Å². The minimum absolute atomic E-state index is 0.0836. The molecule has 2 aromatic rings. The van der Waals surface area contributed by atoms with E-state index in [-0.39, 0.29) is 16.7 Å². The van der Waals surface area contributed by atoms with Gasteiger partial charge in [0, 0.05) is 19.4 Å². The van der Waals surface area contributed by atoms with Gasteiger partial charge < -0.3 is 9.47 Å². The van der Waals surface area contributed by atoms with Gasteiger partial charge in [0.25, 0.3) is 10.0 Å². The van der Waals surface area contributed by atoms with E-state index in [9.17, 15) is 18.0 Å². The van der Waals surface area contributed by atoms with Gasteiger partial charge in [-0.25, -0.2) is 13.1 Å². The first-order valence-corrected chi connectivity index (χ1v) is 10.0. The van der Waals surface area contributed by atoms with Crippen LogP contribution in [0.4, 0.5) is 0 Å². The average molecular weight is 417 g/mol. The molecule has 0 saturated heterocycles. The predicted octanol–water partition coefficient (Wildman–Crippen LogP) is 1.76. The number of hydrogen-bond donors (Lipinski definition) is 1. The van der Waals surface area contributed by atoms with Gasteiger partial charge in [-0.15, -0.1) is 5.10 Å². The van der Waals surface area contributed by atoms with Crippen LogP contribution in [0.5, 0.6) is 5.75 Å². The number of nitrogens with one attached hydrogen (secondary N) is 1. The fraction of sp³-hybridized carbons (Fsp3) is 0.211. The molecule has 29 heavy (non-hydrogen) atoms. The van der Waals surface area contributed by atoms with Gasteiger partial charge in [0.15, 0.2) is 0 Å². The number of rotatable bonds is 5. The number of carbonyl (C=O) groups is 2. The summed E-state index contributed by atoms with van der Waals surface area (Å²) in [7, 11) is -2.43. The minimum Gasteiger partial charge on any atom is -0.496 e. The summed E-state index contributed by atoms with van der Waals surface area (Å²) in [5.74, 6) is -0.327. The van der Waals surface area contributed by atoms with Crippen molar-refractivity contribution in [2.75, 3.05) is 7.11 Å². The molecule has 3 rings (SSSR count). The van der Waals surface area contributed by atoms with Gasteiger partial charge in [-0.05, 0) is 36.4 Å². The van der Waals surface area contributed by atoms with Crippen LogP contribution in [-0.4, -0.2) is 38.2 Å². The Morgan fingerprint density at radius 1 is 1.10 bits per heavy atom. The summed E-state index contributed by atoms with van der Waals surface area (Å²) in [6, 6.07) is 12.7. The molecule has 0 bridgehead atoms. The highest BCUT2D eigenvalue weighted by Gasteiger charge is 2.35. The van der Waals surface area contributed by atoms with Crippen molar-refractivity contribution in [2.24, 2.45) is 5.10 Å². The van der Waals surface area contributed by atoms with Crippen molar-refractivity contribution < 1.29 is 27.5 Å². The maximum absolute atomic E-state index is 12.1. The summed E-state index contributed by atoms with van der Waals surface area (Å²) in [5.41, 5.74) is 1.09. The molecular formula is C19H19N3O6S. The number of amides is 2. The highest BCUT2D eigenvalue weighted by Crippen LogP contribution is 2.35. The lowest BCUT2D eigenvalue weighted by Gasteiger charge is -2.21. The molecule has 0 saturated carbocycles. The van der Waals surface area contributed by atoms with Crippen molar-refractivity contribution in [3.63, 3.8) is 0 Å². The third-order valence-electron chi connectivity index (χ3n) is 4.06. The zero-order valence-corrected chi connectivity index (χ0v) is 16.8. The van der Waals surface area contributed by atoms with E-state index in [1.807, 2.05) is 4.72 Å². The molecule has 2 amide bonds. The van der Waals surface area contributed by atoms with Crippen LogP contribution >= 0.6 is 0 Å². The first-order valence-electron chi connectivity index (χ1n) is 8.54. The molecule has 0 spiro atoms. The summed E-state index contributed by atoms with van der Waals surface area (Å²) < 4.78 is 37.3. The maximum Gasteiger partial charge on any atom is 0.264 e. The summed E-state index contributed by atoms with van der Waals surface area (Å²) in [6.45, 7) is 2.47. The molecule has 1 aliphatic rings. The molecule has 0 aliphatic carbocycles. The molecule has 1 N–H and O–H groups in total. The molecule has 0 aromatic heterocycles. The Bertz CT molecular complexity index is 1080. The molecule has 1 aliphatic heterocycles. The van der Waals surface area contributed by atoms with Crippen LogP contribution in [0.2, 0.25) is 0 Å². The molecule has 9 nitrogen and oxygen atoms in total. The normalized spacial score (nSPS) is 16.0. The third kappa shape index (κ3) is 4.21. The summed E-state index contributed by atoms with van der Waals surface area (Å²) in [6.07, 6.45) is -0.818. The van der Waals surface area contributed by atoms with Gasteiger partial charge in [0.2, 0.25) is 23.9 Å². The molecule has 0 radical (unpaired) electrons. The minimum atomic E-state index is -3.95. The SMILES string of the molecule is COc1ccccc1C1OC(c2ccc(S(=O)(=O)NC(C)=O)cc2)=NN1C(C)=O. The van der Waals surface area contributed by atoms with Crippen LogP contribution < -0.4 is 9.46 Å². The lowest BCUT2D eigenvalue weighted by Crippen LogP contribution is -2.28. The second-order valence-corrected chi connectivity index (χ2v) is 7.85. The Kier molecular flexibility index (Phi) is 5.55. The quantitative estimate of drug-likeness (QED) is 0.793. The van der Waals surface area contributed by atoms with Crippen LogP contribution in [0, 0.1) is 0 Å². The van der Waals surface area contributed by atoms with E-state index in [1.54, 1.807) is 24.3 Å². The number of carbonyl (C=O) groups excluding carboxylic acids is 2. The summed E-state index contributed by atoms with van der Waals surface area (Å²) in [5, 5.41) is 5.42. The highest BCUT2D eigenvalue weighted by atomic mass is 32.2. The lowest BCUT2D eigenvalue weighted by molar-refractivity contribution is -0.135. The molecule has 0 fully saturated rings. The fourth-order valence-electron chi connectivity index (χ4n) is 2.78. The van der Waals surface area contributed by atoms with Crippen molar-refractivity contribution in [1.29, 1.82) is 0 Å². The standard InChI is InChI=1S/C19H19N3O6S/c1-12(23)21-29(25,26)15-10-8-14(9-11-15)18-20-22(13(2)24)19(28-18)16-6-4-5-7-17(16)27-3/h4-11,19H,1-3H3,(H,21,23). The number of hydrogen-bond acceptors (Lipinski definition) is 7. The zero-order chi connectivity index (χ0) is 21.2.